The van der Waals surface area contributed by atoms with E-state index in [0.29, 0.717) is 23.8 Å². The molecule has 1 aliphatic carbocycles. The van der Waals surface area contributed by atoms with Crippen LogP contribution in [0.25, 0.3) is 0 Å². The summed E-state index contributed by atoms with van der Waals surface area (Å²) in [7, 11) is 0. The lowest BCUT2D eigenvalue weighted by molar-refractivity contribution is 0.0850. The van der Waals surface area contributed by atoms with E-state index in [-0.39, 0.29) is 0 Å². The van der Waals surface area contributed by atoms with E-state index in [2.05, 4.69) is 27.8 Å². The van der Waals surface area contributed by atoms with Crippen molar-refractivity contribution < 1.29 is 4.74 Å². The molecule has 1 aliphatic rings. The van der Waals surface area contributed by atoms with Crippen LogP contribution in [-0.2, 0) is 5.88 Å². The van der Waals surface area contributed by atoms with Gasteiger partial charge in [-0.15, -0.1) is 11.6 Å². The Bertz CT molecular complexity index is 399. The quantitative estimate of drug-likeness (QED) is 0.729. The van der Waals surface area contributed by atoms with E-state index < -0.39 is 0 Å². The van der Waals surface area contributed by atoms with Crippen LogP contribution in [0.2, 0.25) is 0 Å². The van der Waals surface area contributed by atoms with Crippen molar-refractivity contribution in [3.05, 3.63) is 22.3 Å². The van der Waals surface area contributed by atoms with Gasteiger partial charge < -0.3 is 4.74 Å². The second kappa shape index (κ2) is 6.76. The molecule has 2 nitrogen and oxygen atoms in total. The SMILES string of the molecule is CCC1CCCCC1Oc1ncc(Br)cc1CCl. The number of hydrogen-bond donors (Lipinski definition) is 0. The van der Waals surface area contributed by atoms with E-state index >= 15 is 0 Å². The summed E-state index contributed by atoms with van der Waals surface area (Å²) in [6.45, 7) is 2.24. The molecular formula is C14H19BrClNO. The van der Waals surface area contributed by atoms with Crippen LogP contribution < -0.4 is 4.74 Å². The number of pyridine rings is 1. The van der Waals surface area contributed by atoms with E-state index in [1.165, 1.54) is 25.7 Å². The molecule has 2 rings (SSSR count). The molecule has 4 heteroatoms. The molecule has 0 N–H and O–H groups in total. The highest BCUT2D eigenvalue weighted by Crippen LogP contribution is 2.31. The molecule has 0 radical (unpaired) electrons. The minimum absolute atomic E-state index is 0.305. The summed E-state index contributed by atoms with van der Waals surface area (Å²) in [5.74, 6) is 1.80. The van der Waals surface area contributed by atoms with Gasteiger partial charge in [-0.25, -0.2) is 4.98 Å². The molecule has 0 bridgehead atoms. The topological polar surface area (TPSA) is 22.1 Å². The normalized spacial score (nSPS) is 23.9. The molecule has 0 aromatic carbocycles. The first kappa shape index (κ1) is 14.1. The van der Waals surface area contributed by atoms with Gasteiger partial charge in [-0.3, -0.25) is 0 Å². The first-order valence-electron chi connectivity index (χ1n) is 6.61. The predicted octanol–water partition coefficient (Wildman–Crippen LogP) is 4.93. The molecule has 0 spiro atoms. The van der Waals surface area contributed by atoms with E-state index in [1.807, 2.05) is 6.07 Å². The fraction of sp³-hybridized carbons (Fsp3) is 0.643. The Morgan fingerprint density at radius 1 is 1.44 bits per heavy atom. The van der Waals surface area contributed by atoms with Crippen molar-refractivity contribution in [3.63, 3.8) is 0 Å². The molecule has 0 amide bonds. The van der Waals surface area contributed by atoms with Gasteiger partial charge in [0.2, 0.25) is 5.88 Å². The lowest BCUT2D eigenvalue weighted by Crippen LogP contribution is -2.30. The molecule has 2 unspecified atom stereocenters. The zero-order valence-electron chi connectivity index (χ0n) is 10.7. The molecule has 1 saturated carbocycles. The average Bonchev–Trinajstić information content (AvgIpc) is 2.41. The third-order valence-electron chi connectivity index (χ3n) is 3.66. The molecule has 18 heavy (non-hydrogen) atoms. The van der Waals surface area contributed by atoms with Gasteiger partial charge in [0.15, 0.2) is 0 Å². The summed E-state index contributed by atoms with van der Waals surface area (Å²) in [6, 6.07) is 1.99. The Hall–Kier alpha value is -0.280. The maximum absolute atomic E-state index is 6.12. The third kappa shape index (κ3) is 3.39. The van der Waals surface area contributed by atoms with Crippen LogP contribution in [0.5, 0.6) is 5.88 Å². The fourth-order valence-electron chi connectivity index (χ4n) is 2.61. The summed E-state index contributed by atoms with van der Waals surface area (Å²) in [4.78, 5) is 4.36. The van der Waals surface area contributed by atoms with Gasteiger partial charge in [0.1, 0.15) is 6.10 Å². The third-order valence-corrected chi connectivity index (χ3v) is 4.38. The molecular weight excluding hydrogens is 314 g/mol. The van der Waals surface area contributed by atoms with Crippen molar-refractivity contribution in [1.29, 1.82) is 0 Å². The Labute approximate surface area is 122 Å². The lowest BCUT2D eigenvalue weighted by Gasteiger charge is -2.31. The molecule has 0 saturated heterocycles. The first-order valence-corrected chi connectivity index (χ1v) is 7.94. The van der Waals surface area contributed by atoms with Crippen molar-refractivity contribution in [2.24, 2.45) is 5.92 Å². The van der Waals surface area contributed by atoms with Gasteiger partial charge in [-0.05, 0) is 53.6 Å². The molecule has 1 fully saturated rings. The van der Waals surface area contributed by atoms with Gasteiger partial charge in [0.05, 0.1) is 5.88 Å². The van der Waals surface area contributed by atoms with Gasteiger partial charge in [0.25, 0.3) is 0 Å². The number of nitrogens with zero attached hydrogens (tertiary/aromatic N) is 1. The second-order valence-electron chi connectivity index (χ2n) is 4.86. The van der Waals surface area contributed by atoms with Crippen LogP contribution in [0.3, 0.4) is 0 Å². The maximum atomic E-state index is 6.12. The van der Waals surface area contributed by atoms with E-state index in [1.54, 1.807) is 6.20 Å². The lowest BCUT2D eigenvalue weighted by atomic mass is 9.85. The van der Waals surface area contributed by atoms with Gasteiger partial charge in [0, 0.05) is 16.2 Å². The van der Waals surface area contributed by atoms with Crippen LogP contribution >= 0.6 is 27.5 Å². The summed E-state index contributed by atoms with van der Waals surface area (Å²) in [5, 5.41) is 0. The number of halogens is 2. The Kier molecular flexibility index (Phi) is 5.31. The van der Waals surface area contributed by atoms with Gasteiger partial charge >= 0.3 is 0 Å². The molecule has 2 atom stereocenters. The van der Waals surface area contributed by atoms with Crippen LogP contribution in [-0.4, -0.2) is 11.1 Å². The minimum atomic E-state index is 0.305. The maximum Gasteiger partial charge on any atom is 0.218 e. The van der Waals surface area contributed by atoms with Crippen molar-refractivity contribution >= 4 is 27.5 Å². The molecule has 100 valence electrons. The van der Waals surface area contributed by atoms with E-state index in [0.717, 1.165) is 16.5 Å². The van der Waals surface area contributed by atoms with Crippen molar-refractivity contribution in [2.75, 3.05) is 0 Å². The highest BCUT2D eigenvalue weighted by Gasteiger charge is 2.26. The van der Waals surface area contributed by atoms with Gasteiger partial charge in [-0.2, -0.15) is 0 Å². The predicted molar refractivity (Wildman–Crippen MR) is 78.2 cm³/mol. The minimum Gasteiger partial charge on any atom is -0.474 e. The summed E-state index contributed by atoms with van der Waals surface area (Å²) in [5.41, 5.74) is 0.964. The Morgan fingerprint density at radius 2 is 2.22 bits per heavy atom. The Balaban J connectivity index is 2.12. The standard InChI is InChI=1S/C14H19BrClNO/c1-2-10-5-3-4-6-13(10)18-14-11(8-16)7-12(15)9-17-14/h7,9-10,13H,2-6,8H2,1H3. The van der Waals surface area contributed by atoms with Crippen LogP contribution in [0.4, 0.5) is 0 Å². The number of hydrogen-bond acceptors (Lipinski definition) is 2. The van der Waals surface area contributed by atoms with Crippen LogP contribution in [0.15, 0.2) is 16.7 Å². The number of aromatic nitrogens is 1. The number of alkyl halides is 1. The van der Waals surface area contributed by atoms with Crippen molar-refractivity contribution in [1.82, 2.24) is 4.98 Å². The summed E-state index contributed by atoms with van der Waals surface area (Å²) >= 11 is 9.36. The number of rotatable bonds is 4. The van der Waals surface area contributed by atoms with Crippen LogP contribution in [0, 0.1) is 5.92 Å². The first-order chi connectivity index (χ1) is 8.74. The number of ether oxygens (including phenoxy) is 1. The average molecular weight is 333 g/mol. The Morgan fingerprint density at radius 3 is 2.94 bits per heavy atom. The second-order valence-corrected chi connectivity index (χ2v) is 6.04. The molecule has 1 heterocycles. The monoisotopic (exact) mass is 331 g/mol. The zero-order valence-corrected chi connectivity index (χ0v) is 13.0. The van der Waals surface area contributed by atoms with Crippen molar-refractivity contribution in [2.45, 2.75) is 51.0 Å². The highest BCUT2D eigenvalue weighted by atomic mass is 79.9. The van der Waals surface area contributed by atoms with Gasteiger partial charge in [-0.1, -0.05) is 13.3 Å². The van der Waals surface area contributed by atoms with Crippen molar-refractivity contribution in [3.8, 4) is 5.88 Å². The zero-order chi connectivity index (χ0) is 13.0. The molecule has 0 aliphatic heterocycles. The highest BCUT2D eigenvalue weighted by molar-refractivity contribution is 9.10. The van der Waals surface area contributed by atoms with Crippen LogP contribution in [0.1, 0.15) is 44.6 Å². The largest absolute Gasteiger partial charge is 0.474 e. The smallest absolute Gasteiger partial charge is 0.218 e. The fourth-order valence-corrected chi connectivity index (χ4v) is 3.18. The van der Waals surface area contributed by atoms with E-state index in [4.69, 9.17) is 16.3 Å². The molecule has 1 aromatic heterocycles. The van der Waals surface area contributed by atoms with E-state index in [9.17, 15) is 0 Å². The summed E-state index contributed by atoms with van der Waals surface area (Å²) in [6.07, 6.45) is 8.25. The summed E-state index contributed by atoms with van der Waals surface area (Å²) < 4.78 is 7.06. The molecule has 1 aromatic rings.